The number of carbonyl (C=O) groups is 2. The Morgan fingerprint density at radius 3 is 2.27 bits per heavy atom. The average Bonchev–Trinajstić information content (AvgIpc) is 3.12. The Balaban J connectivity index is 1.34. The third-order valence-corrected chi connectivity index (χ3v) is 5.14. The second-order valence-corrected chi connectivity index (χ2v) is 6.98. The lowest BCUT2D eigenvalue weighted by Crippen LogP contribution is -2.53. The second kappa shape index (κ2) is 7.00. The molecule has 1 fully saturated rings. The van der Waals surface area contributed by atoms with E-state index < -0.39 is 6.10 Å². The Kier molecular flexibility index (Phi) is 4.55. The highest BCUT2D eigenvalue weighted by Crippen LogP contribution is 2.29. The molecule has 2 aliphatic rings. The molecule has 4 rings (SSSR count). The molecule has 0 bridgehead atoms. The van der Waals surface area contributed by atoms with Crippen LogP contribution < -0.4 is 4.74 Å². The largest absolute Gasteiger partial charge is 0.480 e. The molecule has 5 nitrogen and oxygen atoms in total. The summed E-state index contributed by atoms with van der Waals surface area (Å²) in [5, 5.41) is 0.606. The number of halogens is 1. The minimum atomic E-state index is -0.453. The topological polar surface area (TPSA) is 49.9 Å². The van der Waals surface area contributed by atoms with Gasteiger partial charge >= 0.3 is 0 Å². The summed E-state index contributed by atoms with van der Waals surface area (Å²) in [4.78, 5) is 28.9. The van der Waals surface area contributed by atoms with Gasteiger partial charge in [-0.25, -0.2) is 0 Å². The van der Waals surface area contributed by atoms with Crippen LogP contribution in [0.2, 0.25) is 5.02 Å². The zero-order chi connectivity index (χ0) is 18.1. The molecule has 26 heavy (non-hydrogen) atoms. The first kappa shape index (κ1) is 16.9. The molecule has 2 aromatic carbocycles. The quantitative estimate of drug-likeness (QED) is 0.816. The maximum absolute atomic E-state index is 12.7. The van der Waals surface area contributed by atoms with Crippen LogP contribution in [0.15, 0.2) is 48.5 Å². The van der Waals surface area contributed by atoms with Crippen LogP contribution in [0.5, 0.6) is 5.75 Å². The first-order valence-electron chi connectivity index (χ1n) is 8.70. The molecule has 6 heteroatoms. The lowest BCUT2D eigenvalue weighted by molar-refractivity contribution is -0.139. The number of ether oxygens (including phenoxy) is 1. The van der Waals surface area contributed by atoms with Gasteiger partial charge in [-0.05, 0) is 35.9 Å². The van der Waals surface area contributed by atoms with Gasteiger partial charge in [0.05, 0.1) is 0 Å². The smallest absolute Gasteiger partial charge is 0.264 e. The highest BCUT2D eigenvalue weighted by Gasteiger charge is 2.34. The average molecular weight is 371 g/mol. The predicted molar refractivity (Wildman–Crippen MR) is 98.5 cm³/mol. The number of nitrogens with zero attached hydrogens (tertiary/aromatic N) is 2. The van der Waals surface area contributed by atoms with Crippen molar-refractivity contribution in [2.24, 2.45) is 0 Å². The Hall–Kier alpha value is -2.53. The van der Waals surface area contributed by atoms with E-state index in [1.807, 2.05) is 24.3 Å². The summed E-state index contributed by atoms with van der Waals surface area (Å²) in [5.74, 6) is 0.764. The van der Waals surface area contributed by atoms with Gasteiger partial charge in [-0.3, -0.25) is 9.59 Å². The van der Waals surface area contributed by atoms with Crippen molar-refractivity contribution in [1.29, 1.82) is 0 Å². The van der Waals surface area contributed by atoms with Crippen molar-refractivity contribution in [3.05, 3.63) is 64.7 Å². The van der Waals surface area contributed by atoms with Crippen LogP contribution in [0.1, 0.15) is 15.9 Å². The van der Waals surface area contributed by atoms with Crippen molar-refractivity contribution < 1.29 is 14.3 Å². The fourth-order valence-electron chi connectivity index (χ4n) is 3.43. The maximum atomic E-state index is 12.7. The molecule has 0 aliphatic carbocycles. The third-order valence-electron chi connectivity index (χ3n) is 4.89. The highest BCUT2D eigenvalue weighted by molar-refractivity contribution is 6.30. The Bertz CT molecular complexity index is 804. The van der Waals surface area contributed by atoms with Crippen LogP contribution in [-0.2, 0) is 11.2 Å². The molecule has 1 atom stereocenters. The van der Waals surface area contributed by atoms with Crippen molar-refractivity contribution in [2.45, 2.75) is 12.5 Å². The first-order chi connectivity index (χ1) is 12.6. The fraction of sp³-hybridized carbons (Fsp3) is 0.300. The summed E-state index contributed by atoms with van der Waals surface area (Å²) < 4.78 is 5.79. The van der Waals surface area contributed by atoms with Crippen LogP contribution in [0.4, 0.5) is 0 Å². The molecule has 0 saturated carbocycles. The zero-order valence-corrected chi connectivity index (χ0v) is 15.0. The molecule has 0 radical (unpaired) electrons. The lowest BCUT2D eigenvalue weighted by atomic mass is 10.1. The van der Waals surface area contributed by atoms with Gasteiger partial charge in [-0.2, -0.15) is 0 Å². The van der Waals surface area contributed by atoms with E-state index in [0.717, 1.165) is 11.3 Å². The fourth-order valence-corrected chi connectivity index (χ4v) is 3.55. The van der Waals surface area contributed by atoms with Crippen molar-refractivity contribution in [1.82, 2.24) is 9.80 Å². The number of benzene rings is 2. The molecular weight excluding hydrogens is 352 g/mol. The molecule has 1 saturated heterocycles. The Labute approximate surface area is 157 Å². The lowest BCUT2D eigenvalue weighted by Gasteiger charge is -2.35. The van der Waals surface area contributed by atoms with Crippen LogP contribution >= 0.6 is 11.6 Å². The molecular formula is C20H19ClN2O3. The van der Waals surface area contributed by atoms with Gasteiger partial charge in [0.15, 0.2) is 6.10 Å². The van der Waals surface area contributed by atoms with Crippen molar-refractivity contribution >= 4 is 23.4 Å². The molecule has 0 aromatic heterocycles. The number of para-hydroxylation sites is 1. The number of carbonyl (C=O) groups excluding carboxylic acids is 2. The maximum Gasteiger partial charge on any atom is 0.264 e. The normalized spacial score (nSPS) is 19.0. The number of hydrogen-bond acceptors (Lipinski definition) is 3. The van der Waals surface area contributed by atoms with E-state index in [9.17, 15) is 9.59 Å². The van der Waals surface area contributed by atoms with Crippen LogP contribution in [0.3, 0.4) is 0 Å². The van der Waals surface area contributed by atoms with E-state index in [4.69, 9.17) is 16.3 Å². The zero-order valence-electron chi connectivity index (χ0n) is 14.2. The van der Waals surface area contributed by atoms with Gasteiger partial charge in [0.1, 0.15) is 5.75 Å². The summed E-state index contributed by atoms with van der Waals surface area (Å²) in [6.07, 6.45) is 0.157. The number of piperazine rings is 1. The molecule has 2 heterocycles. The monoisotopic (exact) mass is 370 g/mol. The van der Waals surface area contributed by atoms with E-state index in [0.29, 0.717) is 43.2 Å². The van der Waals surface area contributed by atoms with E-state index in [1.54, 1.807) is 34.1 Å². The predicted octanol–water partition coefficient (Wildman–Crippen LogP) is 2.63. The number of amides is 2. The van der Waals surface area contributed by atoms with Gasteiger partial charge in [-0.1, -0.05) is 29.8 Å². The van der Waals surface area contributed by atoms with Gasteiger partial charge in [0.25, 0.3) is 11.8 Å². The van der Waals surface area contributed by atoms with E-state index in [1.165, 1.54) is 0 Å². The summed E-state index contributed by atoms with van der Waals surface area (Å²) in [6.45, 7) is 2.09. The minimum Gasteiger partial charge on any atom is -0.480 e. The third kappa shape index (κ3) is 3.27. The van der Waals surface area contributed by atoms with E-state index in [2.05, 4.69) is 0 Å². The second-order valence-electron chi connectivity index (χ2n) is 6.54. The van der Waals surface area contributed by atoms with Crippen molar-refractivity contribution in [2.75, 3.05) is 26.2 Å². The molecule has 2 aromatic rings. The molecule has 0 N–H and O–H groups in total. The molecule has 0 spiro atoms. The van der Waals surface area contributed by atoms with Gasteiger partial charge < -0.3 is 14.5 Å². The Morgan fingerprint density at radius 2 is 1.58 bits per heavy atom. The van der Waals surface area contributed by atoms with E-state index >= 15 is 0 Å². The van der Waals surface area contributed by atoms with Crippen molar-refractivity contribution in [3.8, 4) is 5.75 Å². The van der Waals surface area contributed by atoms with Gasteiger partial charge in [0.2, 0.25) is 0 Å². The van der Waals surface area contributed by atoms with E-state index in [-0.39, 0.29) is 11.8 Å². The summed E-state index contributed by atoms with van der Waals surface area (Å²) in [6, 6.07) is 14.6. The Morgan fingerprint density at radius 1 is 0.923 bits per heavy atom. The first-order valence-corrected chi connectivity index (χ1v) is 9.08. The number of rotatable bonds is 2. The highest BCUT2D eigenvalue weighted by atomic mass is 35.5. The van der Waals surface area contributed by atoms with Crippen LogP contribution in [0, 0.1) is 0 Å². The summed E-state index contributed by atoms with van der Waals surface area (Å²) >= 11 is 5.87. The van der Waals surface area contributed by atoms with Crippen LogP contribution in [-0.4, -0.2) is 53.9 Å². The minimum absolute atomic E-state index is 0.000193. The molecule has 134 valence electrons. The van der Waals surface area contributed by atoms with Crippen molar-refractivity contribution in [3.63, 3.8) is 0 Å². The van der Waals surface area contributed by atoms with Crippen LogP contribution in [0.25, 0.3) is 0 Å². The van der Waals surface area contributed by atoms with Gasteiger partial charge in [0, 0.05) is 43.2 Å². The molecule has 1 unspecified atom stereocenters. The summed E-state index contributed by atoms with van der Waals surface area (Å²) in [5.41, 5.74) is 1.69. The molecule has 2 aliphatic heterocycles. The molecule has 2 amide bonds. The SMILES string of the molecule is O=C(c1ccc(Cl)cc1)N1CCN(C(=O)C2Cc3ccccc3O2)CC1. The standard InChI is InChI=1S/C20H19ClN2O3/c21-16-7-5-14(6-8-16)19(24)22-9-11-23(12-10-22)20(25)18-13-15-3-1-2-4-17(15)26-18/h1-8,18H,9-13H2. The number of hydrogen-bond donors (Lipinski definition) is 0. The van der Waals surface area contributed by atoms with Gasteiger partial charge in [-0.15, -0.1) is 0 Å². The summed E-state index contributed by atoms with van der Waals surface area (Å²) in [7, 11) is 0. The number of fused-ring (bicyclic) bond motifs is 1.